The maximum Gasteiger partial charge on any atom is 0.221 e. The number of amides is 1. The van der Waals surface area contributed by atoms with Gasteiger partial charge in [-0.1, -0.05) is 0 Å². The van der Waals surface area contributed by atoms with Crippen molar-refractivity contribution in [2.75, 3.05) is 11.9 Å². The van der Waals surface area contributed by atoms with E-state index < -0.39 is 0 Å². The molecule has 0 aromatic carbocycles. The molecule has 1 aliphatic rings. The average molecular weight is 210 g/mol. The topological polar surface area (TPSA) is 41.1 Å². The van der Waals surface area contributed by atoms with Gasteiger partial charge in [0.05, 0.1) is 0 Å². The largest absolute Gasteiger partial charge is 0.384 e. The maximum absolute atomic E-state index is 11.3. The molecule has 0 unspecified atom stereocenters. The summed E-state index contributed by atoms with van der Waals surface area (Å²) < 4.78 is 0. The minimum absolute atomic E-state index is 0.162. The van der Waals surface area contributed by atoms with Gasteiger partial charge in [-0.05, 0) is 24.3 Å². The molecule has 0 aliphatic heterocycles. The summed E-state index contributed by atoms with van der Waals surface area (Å²) in [5.41, 5.74) is 1.11. The highest BCUT2D eigenvalue weighted by Gasteiger charge is 2.22. The van der Waals surface area contributed by atoms with Gasteiger partial charge in [0.15, 0.2) is 0 Å². The Morgan fingerprint density at radius 1 is 1.57 bits per heavy atom. The summed E-state index contributed by atoms with van der Waals surface area (Å²) in [5, 5.41) is 10.2. The second-order valence-electron chi connectivity index (χ2n) is 3.53. The Morgan fingerprint density at radius 2 is 2.43 bits per heavy atom. The SMILES string of the molecule is O=C(CCNc1ccsc1)NC1CC1. The summed E-state index contributed by atoms with van der Waals surface area (Å²) >= 11 is 1.66. The molecule has 0 spiro atoms. The first-order chi connectivity index (χ1) is 6.84. The van der Waals surface area contributed by atoms with Crippen LogP contribution in [0, 0.1) is 0 Å². The number of thiophene rings is 1. The van der Waals surface area contributed by atoms with Crippen LogP contribution < -0.4 is 10.6 Å². The number of hydrogen-bond acceptors (Lipinski definition) is 3. The average Bonchev–Trinajstić information content (AvgIpc) is 2.82. The quantitative estimate of drug-likeness (QED) is 0.778. The first-order valence-electron chi connectivity index (χ1n) is 4.90. The molecule has 1 aromatic rings. The lowest BCUT2D eigenvalue weighted by Gasteiger charge is -2.04. The summed E-state index contributed by atoms with van der Waals surface area (Å²) in [6, 6.07) is 2.49. The smallest absolute Gasteiger partial charge is 0.221 e. The lowest BCUT2D eigenvalue weighted by atomic mass is 10.4. The molecule has 3 nitrogen and oxygen atoms in total. The van der Waals surface area contributed by atoms with Crippen LogP contribution in [0.1, 0.15) is 19.3 Å². The van der Waals surface area contributed by atoms with Crippen LogP contribution >= 0.6 is 11.3 Å². The third kappa shape index (κ3) is 3.03. The zero-order chi connectivity index (χ0) is 9.80. The lowest BCUT2D eigenvalue weighted by Crippen LogP contribution is -2.27. The summed E-state index contributed by atoms with van der Waals surface area (Å²) in [6.45, 7) is 0.718. The molecule has 0 atom stereocenters. The Bertz CT molecular complexity index is 293. The molecule has 0 saturated heterocycles. The Morgan fingerprint density at radius 3 is 3.07 bits per heavy atom. The van der Waals surface area contributed by atoms with Crippen molar-refractivity contribution in [1.82, 2.24) is 5.32 Å². The van der Waals surface area contributed by atoms with Crippen molar-refractivity contribution in [1.29, 1.82) is 0 Å². The van der Waals surface area contributed by atoms with Gasteiger partial charge in [0.25, 0.3) is 0 Å². The van der Waals surface area contributed by atoms with Crippen molar-refractivity contribution in [2.24, 2.45) is 0 Å². The van der Waals surface area contributed by atoms with Crippen molar-refractivity contribution < 1.29 is 4.79 Å². The standard InChI is InChI=1S/C10H14N2OS/c13-10(12-8-1-2-8)3-5-11-9-4-6-14-7-9/h4,6-8,11H,1-3,5H2,(H,12,13). The maximum atomic E-state index is 11.3. The number of anilines is 1. The number of carbonyl (C=O) groups excluding carboxylic acids is 1. The van der Waals surface area contributed by atoms with Gasteiger partial charge in [0, 0.05) is 30.1 Å². The summed E-state index contributed by atoms with van der Waals surface area (Å²) in [7, 11) is 0. The van der Waals surface area contributed by atoms with E-state index in [4.69, 9.17) is 0 Å². The second-order valence-corrected chi connectivity index (χ2v) is 4.31. The van der Waals surface area contributed by atoms with Crippen LogP contribution in [0.15, 0.2) is 16.8 Å². The lowest BCUT2D eigenvalue weighted by molar-refractivity contribution is -0.120. The van der Waals surface area contributed by atoms with E-state index in [-0.39, 0.29) is 5.91 Å². The van der Waals surface area contributed by atoms with Crippen LogP contribution in [0.4, 0.5) is 5.69 Å². The predicted octanol–water partition coefficient (Wildman–Crippen LogP) is 1.83. The van der Waals surface area contributed by atoms with E-state index >= 15 is 0 Å². The first kappa shape index (κ1) is 9.52. The predicted molar refractivity (Wildman–Crippen MR) is 58.6 cm³/mol. The van der Waals surface area contributed by atoms with Crippen molar-refractivity contribution in [3.63, 3.8) is 0 Å². The molecule has 1 saturated carbocycles. The minimum Gasteiger partial charge on any atom is -0.384 e. The van der Waals surface area contributed by atoms with E-state index in [1.54, 1.807) is 11.3 Å². The highest BCUT2D eigenvalue weighted by Crippen LogP contribution is 2.18. The molecular weight excluding hydrogens is 196 g/mol. The Labute approximate surface area is 87.5 Å². The Balaban J connectivity index is 1.60. The molecule has 14 heavy (non-hydrogen) atoms. The number of hydrogen-bond donors (Lipinski definition) is 2. The molecule has 1 fully saturated rings. The van der Waals surface area contributed by atoms with Crippen LogP contribution in [0.3, 0.4) is 0 Å². The highest BCUT2D eigenvalue weighted by atomic mass is 32.1. The third-order valence-corrected chi connectivity index (χ3v) is 2.83. The van der Waals surface area contributed by atoms with Crippen LogP contribution in [-0.2, 0) is 4.79 Å². The van der Waals surface area contributed by atoms with E-state index in [2.05, 4.69) is 10.6 Å². The van der Waals surface area contributed by atoms with E-state index in [0.717, 1.165) is 25.1 Å². The van der Waals surface area contributed by atoms with Crippen molar-refractivity contribution in [3.05, 3.63) is 16.8 Å². The van der Waals surface area contributed by atoms with E-state index in [1.807, 2.05) is 16.8 Å². The second kappa shape index (κ2) is 4.46. The van der Waals surface area contributed by atoms with Gasteiger partial charge in [0.2, 0.25) is 5.91 Å². The van der Waals surface area contributed by atoms with Gasteiger partial charge in [-0.15, -0.1) is 0 Å². The van der Waals surface area contributed by atoms with Crippen LogP contribution in [0.5, 0.6) is 0 Å². The molecule has 4 heteroatoms. The summed E-state index contributed by atoms with van der Waals surface area (Å²) in [4.78, 5) is 11.3. The van der Waals surface area contributed by atoms with Gasteiger partial charge < -0.3 is 10.6 Å². The zero-order valence-corrected chi connectivity index (χ0v) is 8.77. The molecule has 2 N–H and O–H groups in total. The van der Waals surface area contributed by atoms with Gasteiger partial charge >= 0.3 is 0 Å². The molecule has 1 heterocycles. The first-order valence-corrected chi connectivity index (χ1v) is 5.84. The number of carbonyl (C=O) groups is 1. The van der Waals surface area contributed by atoms with Crippen molar-refractivity contribution in [3.8, 4) is 0 Å². The third-order valence-electron chi connectivity index (χ3n) is 2.14. The molecule has 1 amide bonds. The van der Waals surface area contributed by atoms with Crippen molar-refractivity contribution >= 4 is 22.9 Å². The van der Waals surface area contributed by atoms with Gasteiger partial charge in [-0.3, -0.25) is 4.79 Å². The van der Waals surface area contributed by atoms with Crippen LogP contribution in [-0.4, -0.2) is 18.5 Å². The van der Waals surface area contributed by atoms with Crippen LogP contribution in [0.2, 0.25) is 0 Å². The van der Waals surface area contributed by atoms with E-state index in [9.17, 15) is 4.79 Å². The fourth-order valence-corrected chi connectivity index (χ4v) is 1.83. The fourth-order valence-electron chi connectivity index (χ4n) is 1.21. The highest BCUT2D eigenvalue weighted by molar-refractivity contribution is 7.08. The van der Waals surface area contributed by atoms with Gasteiger partial charge in [-0.2, -0.15) is 11.3 Å². The summed E-state index contributed by atoms with van der Waals surface area (Å²) in [6.07, 6.45) is 2.87. The van der Waals surface area contributed by atoms with E-state index in [1.165, 1.54) is 0 Å². The molecule has 1 aromatic heterocycles. The molecule has 76 valence electrons. The monoisotopic (exact) mass is 210 g/mol. The Hall–Kier alpha value is -1.03. The van der Waals surface area contributed by atoms with Crippen LogP contribution in [0.25, 0.3) is 0 Å². The molecule has 0 bridgehead atoms. The Kier molecular flexibility index (Phi) is 3.03. The van der Waals surface area contributed by atoms with Gasteiger partial charge in [0.1, 0.15) is 0 Å². The molecule has 0 radical (unpaired) electrons. The molecule has 2 rings (SSSR count). The number of rotatable bonds is 5. The van der Waals surface area contributed by atoms with E-state index in [0.29, 0.717) is 12.5 Å². The zero-order valence-electron chi connectivity index (χ0n) is 7.95. The van der Waals surface area contributed by atoms with Crippen molar-refractivity contribution in [2.45, 2.75) is 25.3 Å². The molecule has 1 aliphatic carbocycles. The molecular formula is C10H14N2OS. The summed E-state index contributed by atoms with van der Waals surface area (Å²) in [5.74, 6) is 0.162. The minimum atomic E-state index is 0.162. The normalized spacial score (nSPS) is 15.1. The fraction of sp³-hybridized carbons (Fsp3) is 0.500. The number of nitrogens with one attached hydrogen (secondary N) is 2. The van der Waals surface area contributed by atoms with Gasteiger partial charge in [-0.25, -0.2) is 0 Å².